The summed E-state index contributed by atoms with van der Waals surface area (Å²) in [7, 11) is 0. The average Bonchev–Trinajstić information content (AvgIpc) is 2.98. The van der Waals surface area contributed by atoms with Crippen LogP contribution in [0.1, 0.15) is 32.6 Å². The summed E-state index contributed by atoms with van der Waals surface area (Å²) in [5.41, 5.74) is 0. The molecule has 0 radical (unpaired) electrons. The molecule has 18 heteroatoms. The Morgan fingerprint density at radius 1 is 0.744 bits per heavy atom. The Hall–Kier alpha value is -1.46. The molecule has 2 saturated heterocycles. The van der Waals surface area contributed by atoms with Gasteiger partial charge in [0.25, 0.3) is 0 Å². The smallest absolute Gasteiger partial charge is 0.314 e. The highest BCUT2D eigenvalue weighted by molar-refractivity contribution is 6.00. The Labute approximate surface area is 246 Å². The standard InChI is InChI=1S/C25H44O18/c1-2-3-4-5-9(23(38)39)13(28)17(32)18(33)14(29)10(27)7-40-24-22(37)20(35)16(31)12(43-24)8-41-25-21(36)19(34)15(30)11(6-26)42-25/h9-12,14-22,24-27,29-37H,2-8H2,1H3,(H,38,39)/t9?,10-,11-,12-,14-,15-,16-,17+,18+,19+,20+,21-,22-,24+,25+/m1/s1. The van der Waals surface area contributed by atoms with Crippen molar-refractivity contribution in [1.82, 2.24) is 0 Å². The van der Waals surface area contributed by atoms with Gasteiger partial charge in [0.05, 0.1) is 19.8 Å². The van der Waals surface area contributed by atoms with Gasteiger partial charge in [0, 0.05) is 0 Å². The van der Waals surface area contributed by atoms with Crippen molar-refractivity contribution in [2.75, 3.05) is 19.8 Å². The Kier molecular flexibility index (Phi) is 15.2. The maximum atomic E-state index is 12.5. The topological polar surface area (TPSA) is 314 Å². The Morgan fingerprint density at radius 3 is 1.81 bits per heavy atom. The van der Waals surface area contributed by atoms with E-state index in [2.05, 4.69) is 0 Å². The number of hydrogen-bond acceptors (Lipinski definition) is 17. The lowest BCUT2D eigenvalue weighted by atomic mass is 9.89. The lowest BCUT2D eigenvalue weighted by Gasteiger charge is -2.42. The fraction of sp³-hybridized carbons (Fsp3) is 0.920. The average molecular weight is 633 g/mol. The maximum absolute atomic E-state index is 12.5. The summed E-state index contributed by atoms with van der Waals surface area (Å²) in [6, 6.07) is 0. The van der Waals surface area contributed by atoms with Crippen LogP contribution < -0.4 is 0 Å². The molecule has 2 fully saturated rings. The molecule has 252 valence electrons. The minimum absolute atomic E-state index is 0.111. The van der Waals surface area contributed by atoms with Crippen molar-refractivity contribution >= 4 is 11.8 Å². The third-order valence-corrected chi connectivity index (χ3v) is 7.47. The largest absolute Gasteiger partial charge is 0.481 e. The van der Waals surface area contributed by atoms with Crippen LogP contribution in [-0.4, -0.2) is 179 Å². The van der Waals surface area contributed by atoms with Crippen LogP contribution in [0.5, 0.6) is 0 Å². The molecule has 0 saturated carbocycles. The second-order valence-corrected chi connectivity index (χ2v) is 10.7. The molecule has 2 rings (SSSR count). The van der Waals surface area contributed by atoms with Gasteiger partial charge < -0.3 is 80.2 Å². The summed E-state index contributed by atoms with van der Waals surface area (Å²) in [5.74, 6) is -4.45. The van der Waals surface area contributed by atoms with E-state index in [1.807, 2.05) is 6.92 Å². The number of ketones is 1. The van der Waals surface area contributed by atoms with Crippen LogP contribution in [0, 0.1) is 5.92 Å². The van der Waals surface area contributed by atoms with Gasteiger partial charge in [0.15, 0.2) is 18.4 Å². The van der Waals surface area contributed by atoms with Gasteiger partial charge in [-0.2, -0.15) is 0 Å². The minimum atomic E-state index is -2.37. The van der Waals surface area contributed by atoms with Crippen LogP contribution in [0.2, 0.25) is 0 Å². The van der Waals surface area contributed by atoms with Crippen LogP contribution in [0.3, 0.4) is 0 Å². The van der Waals surface area contributed by atoms with Crippen LogP contribution in [0.25, 0.3) is 0 Å². The molecule has 0 amide bonds. The Morgan fingerprint density at radius 2 is 1.28 bits per heavy atom. The number of ether oxygens (including phenoxy) is 4. The lowest BCUT2D eigenvalue weighted by Crippen LogP contribution is -2.62. The van der Waals surface area contributed by atoms with Gasteiger partial charge in [-0.1, -0.05) is 26.2 Å². The first kappa shape index (κ1) is 37.7. The van der Waals surface area contributed by atoms with Gasteiger partial charge >= 0.3 is 5.97 Å². The van der Waals surface area contributed by atoms with Gasteiger partial charge in [-0.05, 0) is 6.42 Å². The zero-order valence-electron chi connectivity index (χ0n) is 23.4. The van der Waals surface area contributed by atoms with Crippen molar-refractivity contribution in [3.05, 3.63) is 0 Å². The summed E-state index contributed by atoms with van der Waals surface area (Å²) in [4.78, 5) is 23.9. The second-order valence-electron chi connectivity index (χ2n) is 10.7. The first-order chi connectivity index (χ1) is 20.2. The number of Topliss-reactive ketones (excluding diaryl/α,β-unsaturated/α-hetero) is 1. The van der Waals surface area contributed by atoms with Gasteiger partial charge in [0.2, 0.25) is 0 Å². The van der Waals surface area contributed by atoms with Gasteiger partial charge in [-0.15, -0.1) is 0 Å². The number of carboxylic acids is 1. The lowest BCUT2D eigenvalue weighted by molar-refractivity contribution is -0.333. The molecule has 0 aliphatic carbocycles. The van der Waals surface area contributed by atoms with Crippen LogP contribution in [0.4, 0.5) is 0 Å². The fourth-order valence-electron chi connectivity index (χ4n) is 4.65. The van der Waals surface area contributed by atoms with E-state index in [0.717, 1.165) is 6.42 Å². The molecule has 0 bridgehead atoms. The van der Waals surface area contributed by atoms with E-state index >= 15 is 0 Å². The number of unbranched alkanes of at least 4 members (excludes halogenated alkanes) is 2. The van der Waals surface area contributed by atoms with E-state index in [1.165, 1.54) is 0 Å². The first-order valence-corrected chi connectivity index (χ1v) is 13.9. The third kappa shape index (κ3) is 9.52. The van der Waals surface area contributed by atoms with E-state index in [4.69, 9.17) is 18.9 Å². The summed E-state index contributed by atoms with van der Waals surface area (Å²) < 4.78 is 21.0. The molecule has 0 aromatic rings. The Balaban J connectivity index is 1.97. The fourth-order valence-corrected chi connectivity index (χ4v) is 4.65. The summed E-state index contributed by atoms with van der Waals surface area (Å²) >= 11 is 0. The minimum Gasteiger partial charge on any atom is -0.481 e. The van der Waals surface area contributed by atoms with Gasteiger partial charge in [0.1, 0.15) is 79.2 Å². The molecule has 18 nitrogen and oxygen atoms in total. The molecular formula is C25H44O18. The number of carbonyl (C=O) groups is 2. The highest BCUT2D eigenvalue weighted by Gasteiger charge is 2.48. The summed E-state index contributed by atoms with van der Waals surface area (Å²) in [5, 5.41) is 120. The van der Waals surface area contributed by atoms with E-state index in [1.54, 1.807) is 0 Å². The second kappa shape index (κ2) is 17.3. The first-order valence-electron chi connectivity index (χ1n) is 13.9. The van der Waals surface area contributed by atoms with E-state index in [9.17, 15) is 70.9 Å². The number of aliphatic hydroxyl groups excluding tert-OH is 11. The van der Waals surface area contributed by atoms with Crippen molar-refractivity contribution in [1.29, 1.82) is 0 Å². The molecule has 0 aromatic carbocycles. The number of aliphatic hydroxyl groups is 11. The van der Waals surface area contributed by atoms with Gasteiger partial charge in [-0.25, -0.2) is 0 Å². The zero-order valence-corrected chi connectivity index (χ0v) is 23.4. The molecule has 12 N–H and O–H groups in total. The molecule has 2 heterocycles. The SMILES string of the molecule is CCCCCC(C(=O)O)C(=O)[C@H](O)[C@@H](O)[C@H](O)[C@H](O)CO[C@H]1O[C@H](CO[C@H]2O[C@H](CO)[C@@H](O)[C@H](O)[C@H]2O)[C@@H](O)[C@H](O)[C@H]1O. The van der Waals surface area contributed by atoms with Crippen LogP contribution in [-0.2, 0) is 28.5 Å². The van der Waals surface area contributed by atoms with Crippen LogP contribution >= 0.6 is 0 Å². The Bertz CT molecular complexity index is 860. The number of carboxylic acid groups (broad SMARTS) is 1. The highest BCUT2D eigenvalue weighted by atomic mass is 16.7. The van der Waals surface area contributed by atoms with Crippen LogP contribution in [0.15, 0.2) is 0 Å². The van der Waals surface area contributed by atoms with Crippen molar-refractivity contribution in [3.8, 4) is 0 Å². The van der Waals surface area contributed by atoms with Crippen molar-refractivity contribution < 1.29 is 89.8 Å². The summed E-state index contributed by atoms with van der Waals surface area (Å²) in [6.07, 6.45) is -24.4. The number of hydrogen-bond donors (Lipinski definition) is 12. The normalized spacial score (nSPS) is 36.8. The van der Waals surface area contributed by atoms with Gasteiger partial charge in [-0.3, -0.25) is 9.59 Å². The molecule has 15 atom stereocenters. The maximum Gasteiger partial charge on any atom is 0.314 e. The van der Waals surface area contributed by atoms with E-state index in [-0.39, 0.29) is 6.42 Å². The zero-order chi connectivity index (χ0) is 32.6. The van der Waals surface area contributed by atoms with Crippen molar-refractivity contribution in [2.45, 2.75) is 118 Å². The van der Waals surface area contributed by atoms with Crippen molar-refractivity contribution in [3.63, 3.8) is 0 Å². The number of carbonyl (C=O) groups excluding carboxylic acids is 1. The molecular weight excluding hydrogens is 588 g/mol. The summed E-state index contributed by atoms with van der Waals surface area (Å²) in [6.45, 7) is -0.465. The molecule has 2 aliphatic heterocycles. The van der Waals surface area contributed by atoms with Crippen molar-refractivity contribution in [2.24, 2.45) is 5.92 Å². The van der Waals surface area contributed by atoms with E-state index in [0.29, 0.717) is 12.8 Å². The third-order valence-electron chi connectivity index (χ3n) is 7.47. The number of aliphatic carboxylic acids is 1. The monoisotopic (exact) mass is 632 g/mol. The molecule has 0 spiro atoms. The molecule has 2 aliphatic rings. The van der Waals surface area contributed by atoms with E-state index < -0.39 is 123 Å². The molecule has 0 aromatic heterocycles. The predicted molar refractivity (Wildman–Crippen MR) is 137 cm³/mol. The number of rotatable bonds is 17. The predicted octanol–water partition coefficient (Wildman–Crippen LogP) is -6.08. The highest BCUT2D eigenvalue weighted by Crippen LogP contribution is 2.26. The molecule has 43 heavy (non-hydrogen) atoms. The quantitative estimate of drug-likeness (QED) is 0.0524. The molecule has 1 unspecified atom stereocenters.